The van der Waals surface area contributed by atoms with E-state index >= 15 is 0 Å². The Kier molecular flexibility index (Phi) is 8.13. The molecule has 1 aromatic carbocycles. The van der Waals surface area contributed by atoms with Crippen LogP contribution in [0.2, 0.25) is 0 Å². The Bertz CT molecular complexity index is 580. The van der Waals surface area contributed by atoms with Gasteiger partial charge >= 0.3 is 0 Å². The summed E-state index contributed by atoms with van der Waals surface area (Å²) in [4.78, 5) is 0. The van der Waals surface area contributed by atoms with E-state index < -0.39 is 11.6 Å². The molecule has 2 fully saturated rings. The third kappa shape index (κ3) is 5.46. The maximum atomic E-state index is 14.3. The SMILES string of the molecule is CCCC1CCC(C2CCC(c3cc(F)c(OCCCO)c(F)c3)CC2)CC1. The molecule has 1 aromatic rings. The van der Waals surface area contributed by atoms with Crippen molar-refractivity contribution in [2.24, 2.45) is 17.8 Å². The minimum Gasteiger partial charge on any atom is -0.488 e. The zero-order chi connectivity index (χ0) is 19.9. The van der Waals surface area contributed by atoms with Gasteiger partial charge in [-0.2, -0.15) is 0 Å². The average Bonchev–Trinajstić information content (AvgIpc) is 2.71. The molecule has 0 aliphatic heterocycles. The van der Waals surface area contributed by atoms with Crippen LogP contribution in [0.15, 0.2) is 12.1 Å². The Morgan fingerprint density at radius 2 is 1.50 bits per heavy atom. The summed E-state index contributed by atoms with van der Waals surface area (Å²) in [6.07, 6.45) is 13.0. The molecule has 0 radical (unpaired) electrons. The van der Waals surface area contributed by atoms with Crippen LogP contribution in [0, 0.1) is 29.4 Å². The van der Waals surface area contributed by atoms with E-state index in [0.29, 0.717) is 6.42 Å². The highest BCUT2D eigenvalue weighted by atomic mass is 19.1. The molecule has 0 unspecified atom stereocenters. The number of benzene rings is 1. The van der Waals surface area contributed by atoms with Gasteiger partial charge in [0, 0.05) is 13.0 Å². The van der Waals surface area contributed by atoms with Crippen LogP contribution in [0.5, 0.6) is 5.75 Å². The third-order valence-corrected chi connectivity index (χ3v) is 7.07. The van der Waals surface area contributed by atoms with Crippen LogP contribution in [-0.2, 0) is 0 Å². The molecule has 2 aliphatic carbocycles. The van der Waals surface area contributed by atoms with Crippen LogP contribution < -0.4 is 4.74 Å². The normalized spacial score (nSPS) is 28.3. The summed E-state index contributed by atoms with van der Waals surface area (Å²) < 4.78 is 33.8. The second-order valence-corrected chi connectivity index (χ2v) is 8.92. The van der Waals surface area contributed by atoms with Gasteiger partial charge in [0.05, 0.1) is 6.61 Å². The molecular weight excluding hydrogens is 358 g/mol. The molecule has 0 aromatic heterocycles. The quantitative estimate of drug-likeness (QED) is 0.503. The molecule has 2 aliphatic rings. The molecule has 0 spiro atoms. The van der Waals surface area contributed by atoms with E-state index in [1.807, 2.05) is 0 Å². The van der Waals surface area contributed by atoms with Gasteiger partial charge in [0.15, 0.2) is 17.4 Å². The lowest BCUT2D eigenvalue weighted by Crippen LogP contribution is -2.25. The second-order valence-electron chi connectivity index (χ2n) is 8.92. The van der Waals surface area contributed by atoms with Crippen molar-refractivity contribution < 1.29 is 18.6 Å². The van der Waals surface area contributed by atoms with E-state index in [2.05, 4.69) is 6.92 Å². The monoisotopic (exact) mass is 394 g/mol. The minimum absolute atomic E-state index is 0.0508. The summed E-state index contributed by atoms with van der Waals surface area (Å²) in [6, 6.07) is 2.91. The van der Waals surface area contributed by atoms with Gasteiger partial charge in [-0.05, 0) is 79.9 Å². The highest BCUT2D eigenvalue weighted by molar-refractivity contribution is 5.33. The van der Waals surface area contributed by atoms with Gasteiger partial charge in [-0.25, -0.2) is 8.78 Å². The number of hydrogen-bond donors (Lipinski definition) is 1. The maximum absolute atomic E-state index is 14.3. The first-order valence-electron chi connectivity index (χ1n) is 11.3. The van der Waals surface area contributed by atoms with Crippen LogP contribution in [-0.4, -0.2) is 18.3 Å². The molecule has 0 saturated heterocycles. The van der Waals surface area contributed by atoms with Crippen molar-refractivity contribution >= 4 is 0 Å². The Hall–Kier alpha value is -1.16. The summed E-state index contributed by atoms with van der Waals surface area (Å²) in [7, 11) is 0. The first-order chi connectivity index (χ1) is 13.6. The van der Waals surface area contributed by atoms with Crippen molar-refractivity contribution in [3.8, 4) is 5.75 Å². The van der Waals surface area contributed by atoms with Crippen LogP contribution >= 0.6 is 0 Å². The average molecular weight is 395 g/mol. The molecule has 0 atom stereocenters. The van der Waals surface area contributed by atoms with E-state index in [1.165, 1.54) is 63.5 Å². The number of ether oxygens (including phenoxy) is 1. The van der Waals surface area contributed by atoms with Gasteiger partial charge in [0.25, 0.3) is 0 Å². The Balaban J connectivity index is 1.52. The number of aliphatic hydroxyl groups excluding tert-OH is 1. The maximum Gasteiger partial charge on any atom is 0.190 e. The van der Waals surface area contributed by atoms with Gasteiger partial charge in [-0.1, -0.05) is 32.6 Å². The summed E-state index contributed by atoms with van der Waals surface area (Å²) in [5.74, 6) is 1.31. The van der Waals surface area contributed by atoms with E-state index in [1.54, 1.807) is 0 Å². The zero-order valence-corrected chi connectivity index (χ0v) is 17.3. The van der Waals surface area contributed by atoms with Gasteiger partial charge in [0.1, 0.15) is 0 Å². The lowest BCUT2D eigenvalue weighted by Gasteiger charge is -2.38. The number of rotatable bonds is 8. The predicted octanol–water partition coefficient (Wildman–Crippen LogP) is 6.61. The molecule has 3 rings (SSSR count). The Morgan fingerprint density at radius 1 is 0.929 bits per heavy atom. The number of halogens is 2. The van der Waals surface area contributed by atoms with Gasteiger partial charge in [-0.15, -0.1) is 0 Å². The topological polar surface area (TPSA) is 29.5 Å². The number of hydrogen-bond acceptors (Lipinski definition) is 2. The smallest absolute Gasteiger partial charge is 0.190 e. The van der Waals surface area contributed by atoms with Crippen molar-refractivity contribution in [3.63, 3.8) is 0 Å². The highest BCUT2D eigenvalue weighted by Gasteiger charge is 2.31. The van der Waals surface area contributed by atoms with E-state index in [9.17, 15) is 8.78 Å². The van der Waals surface area contributed by atoms with Crippen LogP contribution in [0.3, 0.4) is 0 Å². The molecule has 4 heteroatoms. The summed E-state index contributed by atoms with van der Waals surface area (Å²) in [5, 5.41) is 8.78. The van der Waals surface area contributed by atoms with Gasteiger partial charge in [0.2, 0.25) is 0 Å². The fraction of sp³-hybridized carbons (Fsp3) is 0.750. The van der Waals surface area contributed by atoms with Crippen molar-refractivity contribution in [3.05, 3.63) is 29.3 Å². The molecular formula is C24H36F2O2. The highest BCUT2D eigenvalue weighted by Crippen LogP contribution is 2.45. The van der Waals surface area contributed by atoms with Crippen molar-refractivity contribution in [2.45, 2.75) is 83.5 Å². The molecule has 0 amide bonds. The van der Waals surface area contributed by atoms with Gasteiger partial charge in [-0.3, -0.25) is 0 Å². The predicted molar refractivity (Wildman–Crippen MR) is 109 cm³/mol. The van der Waals surface area contributed by atoms with Crippen molar-refractivity contribution in [1.82, 2.24) is 0 Å². The molecule has 1 N–H and O–H groups in total. The summed E-state index contributed by atoms with van der Waals surface area (Å²) in [5.41, 5.74) is 0.773. The van der Waals surface area contributed by atoms with E-state index in [-0.39, 0.29) is 24.9 Å². The Morgan fingerprint density at radius 3 is 2.04 bits per heavy atom. The minimum atomic E-state index is -0.621. The Labute approximate surface area is 168 Å². The molecule has 2 saturated carbocycles. The molecule has 0 heterocycles. The molecule has 0 bridgehead atoms. The van der Waals surface area contributed by atoms with Crippen molar-refractivity contribution in [1.29, 1.82) is 0 Å². The summed E-state index contributed by atoms with van der Waals surface area (Å²) >= 11 is 0. The largest absolute Gasteiger partial charge is 0.488 e. The molecule has 2 nitrogen and oxygen atoms in total. The summed E-state index contributed by atoms with van der Waals surface area (Å²) in [6.45, 7) is 2.35. The zero-order valence-electron chi connectivity index (χ0n) is 17.3. The fourth-order valence-electron chi connectivity index (χ4n) is 5.47. The van der Waals surface area contributed by atoms with Crippen LogP contribution in [0.25, 0.3) is 0 Å². The fourth-order valence-corrected chi connectivity index (χ4v) is 5.47. The van der Waals surface area contributed by atoms with E-state index in [0.717, 1.165) is 36.2 Å². The van der Waals surface area contributed by atoms with Crippen LogP contribution in [0.4, 0.5) is 8.78 Å². The van der Waals surface area contributed by atoms with E-state index in [4.69, 9.17) is 9.84 Å². The first-order valence-corrected chi connectivity index (χ1v) is 11.3. The third-order valence-electron chi connectivity index (χ3n) is 7.07. The standard InChI is InChI=1S/C24H36F2O2/c1-2-4-17-5-7-18(8-6-17)19-9-11-20(12-10-19)21-15-22(25)24(23(26)16-21)28-14-3-13-27/h15-20,27H,2-14H2,1H3. The van der Waals surface area contributed by atoms with Crippen LogP contribution in [0.1, 0.15) is 89.0 Å². The van der Waals surface area contributed by atoms with Crippen molar-refractivity contribution in [2.75, 3.05) is 13.2 Å². The lowest BCUT2D eigenvalue weighted by atomic mass is 9.68. The lowest BCUT2D eigenvalue weighted by molar-refractivity contribution is 0.156. The molecule has 158 valence electrons. The van der Waals surface area contributed by atoms with Gasteiger partial charge < -0.3 is 9.84 Å². The molecule has 28 heavy (non-hydrogen) atoms. The first kappa shape index (κ1) is 21.5. The number of aliphatic hydroxyl groups is 1. The second kappa shape index (κ2) is 10.6.